The Labute approximate surface area is 163 Å². The molecule has 1 heterocycles. The average molecular weight is 385 g/mol. The van der Waals surface area contributed by atoms with Crippen molar-refractivity contribution in [2.24, 2.45) is 5.73 Å². The van der Waals surface area contributed by atoms with Gasteiger partial charge in [0.25, 0.3) is 11.8 Å². The fourth-order valence-corrected chi connectivity index (χ4v) is 3.00. The molecule has 0 atom stereocenters. The van der Waals surface area contributed by atoms with Crippen LogP contribution in [0.25, 0.3) is 11.5 Å². The smallest absolute Gasteiger partial charge is 0.258 e. The minimum atomic E-state index is -0.462. The highest BCUT2D eigenvalue weighted by Gasteiger charge is 2.39. The topological polar surface area (TPSA) is 94.0 Å². The lowest BCUT2D eigenvalue weighted by Gasteiger charge is -2.34. The van der Waals surface area contributed by atoms with Crippen molar-refractivity contribution in [3.05, 3.63) is 65.5 Å². The molecule has 3 N–H and O–H groups in total. The first kappa shape index (κ1) is 19.1. The van der Waals surface area contributed by atoms with Gasteiger partial charge < -0.3 is 15.6 Å². The number of hydrogen-bond acceptors (Lipinski definition) is 5. The zero-order valence-electron chi connectivity index (χ0n) is 14.9. The number of nitrogens with two attached hydrogens (primary N) is 1. The normalized spacial score (nSPS) is 14.7. The Morgan fingerprint density at radius 1 is 1.19 bits per heavy atom. The largest absolute Gasteiger partial charge is 0.334 e. The van der Waals surface area contributed by atoms with Crippen LogP contribution < -0.4 is 11.1 Å². The molecular weight excluding hydrogens is 364 g/mol. The van der Waals surface area contributed by atoms with E-state index in [0.29, 0.717) is 23.0 Å². The van der Waals surface area contributed by atoms with Crippen molar-refractivity contribution >= 4 is 24.0 Å². The summed E-state index contributed by atoms with van der Waals surface area (Å²) < 4.78 is 5.40. The maximum Gasteiger partial charge on any atom is 0.258 e. The Morgan fingerprint density at radius 2 is 1.93 bits per heavy atom. The van der Waals surface area contributed by atoms with Gasteiger partial charge in [0, 0.05) is 16.8 Å². The first-order valence-corrected chi connectivity index (χ1v) is 8.66. The molecule has 0 unspecified atom stereocenters. The van der Waals surface area contributed by atoms with Gasteiger partial charge in [-0.15, -0.1) is 12.4 Å². The van der Waals surface area contributed by atoms with E-state index in [2.05, 4.69) is 15.5 Å². The second-order valence-electron chi connectivity index (χ2n) is 6.78. The van der Waals surface area contributed by atoms with Crippen LogP contribution in [0, 0.1) is 6.92 Å². The van der Waals surface area contributed by atoms with Gasteiger partial charge in [0.2, 0.25) is 0 Å². The van der Waals surface area contributed by atoms with Crippen LogP contribution in [0.4, 0.5) is 5.69 Å². The second kappa shape index (κ2) is 7.50. The van der Waals surface area contributed by atoms with E-state index in [1.54, 1.807) is 12.1 Å². The summed E-state index contributed by atoms with van der Waals surface area (Å²) >= 11 is 0. The van der Waals surface area contributed by atoms with Crippen LogP contribution in [0.2, 0.25) is 0 Å². The van der Waals surface area contributed by atoms with Gasteiger partial charge in [0.15, 0.2) is 5.82 Å². The zero-order chi connectivity index (χ0) is 18.1. The van der Waals surface area contributed by atoms with Gasteiger partial charge in [-0.25, -0.2) is 0 Å². The minimum Gasteiger partial charge on any atom is -0.334 e. The van der Waals surface area contributed by atoms with Crippen LogP contribution in [-0.4, -0.2) is 16.0 Å². The summed E-state index contributed by atoms with van der Waals surface area (Å²) in [5.41, 5.74) is 8.81. The van der Waals surface area contributed by atoms with Gasteiger partial charge in [-0.1, -0.05) is 29.4 Å². The minimum absolute atomic E-state index is 0. The number of amides is 1. The Kier molecular flexibility index (Phi) is 5.30. The summed E-state index contributed by atoms with van der Waals surface area (Å²) in [6, 6.07) is 14.8. The fourth-order valence-electron chi connectivity index (χ4n) is 3.00. The van der Waals surface area contributed by atoms with Crippen molar-refractivity contribution in [2.45, 2.75) is 31.7 Å². The van der Waals surface area contributed by atoms with Gasteiger partial charge in [0.05, 0.1) is 5.54 Å². The van der Waals surface area contributed by atoms with Crippen LogP contribution in [0.3, 0.4) is 0 Å². The first-order chi connectivity index (χ1) is 12.5. The molecule has 140 valence electrons. The molecule has 0 radical (unpaired) electrons. The van der Waals surface area contributed by atoms with Crippen molar-refractivity contribution in [1.82, 2.24) is 10.1 Å². The number of carbonyl (C=O) groups is 1. The second-order valence-corrected chi connectivity index (χ2v) is 6.78. The molecule has 1 amide bonds. The Bertz CT molecular complexity index is 952. The standard InChI is InChI=1S/C20H20N4O2.ClH/c1-13-8-9-15(18-23-19(24-26-18)20(21)10-5-11-20)12-16(13)22-17(25)14-6-3-2-4-7-14;/h2-4,6-9,12H,5,10-11,21H2,1H3,(H,22,25);1H. The molecule has 3 aromatic rings. The Balaban J connectivity index is 0.00000210. The molecule has 0 saturated heterocycles. The maximum absolute atomic E-state index is 12.4. The third-order valence-corrected chi connectivity index (χ3v) is 4.89. The molecule has 2 aromatic carbocycles. The average Bonchev–Trinajstić information content (AvgIpc) is 3.12. The van der Waals surface area contributed by atoms with Gasteiger partial charge in [-0.2, -0.15) is 4.98 Å². The summed E-state index contributed by atoms with van der Waals surface area (Å²) in [6.07, 6.45) is 2.83. The lowest BCUT2D eigenvalue weighted by atomic mass is 9.77. The molecule has 0 aliphatic heterocycles. The van der Waals surface area contributed by atoms with E-state index >= 15 is 0 Å². The van der Waals surface area contributed by atoms with Crippen molar-refractivity contribution in [2.75, 3.05) is 5.32 Å². The molecule has 0 bridgehead atoms. The van der Waals surface area contributed by atoms with Crippen molar-refractivity contribution in [3.63, 3.8) is 0 Å². The van der Waals surface area contributed by atoms with Crippen LogP contribution in [0.15, 0.2) is 53.1 Å². The van der Waals surface area contributed by atoms with Crippen molar-refractivity contribution in [1.29, 1.82) is 0 Å². The monoisotopic (exact) mass is 384 g/mol. The van der Waals surface area contributed by atoms with Crippen LogP contribution in [0.1, 0.15) is 41.0 Å². The molecular formula is C20H21ClN4O2. The fraction of sp³-hybridized carbons (Fsp3) is 0.250. The predicted octanol–water partition coefficient (Wildman–Crippen LogP) is 4.06. The number of anilines is 1. The highest BCUT2D eigenvalue weighted by atomic mass is 35.5. The summed E-state index contributed by atoms with van der Waals surface area (Å²) in [7, 11) is 0. The number of halogens is 1. The Hall–Kier alpha value is -2.70. The third kappa shape index (κ3) is 3.72. The van der Waals surface area contributed by atoms with Crippen LogP contribution in [0.5, 0.6) is 0 Å². The number of hydrogen-bond donors (Lipinski definition) is 2. The van der Waals surface area contributed by atoms with Crippen LogP contribution in [-0.2, 0) is 5.54 Å². The lowest BCUT2D eigenvalue weighted by molar-refractivity contribution is 0.102. The number of aromatic nitrogens is 2. The molecule has 4 rings (SSSR count). The Morgan fingerprint density at radius 3 is 2.59 bits per heavy atom. The molecule has 1 saturated carbocycles. The molecule has 1 aliphatic carbocycles. The highest BCUT2D eigenvalue weighted by Crippen LogP contribution is 2.37. The maximum atomic E-state index is 12.4. The summed E-state index contributed by atoms with van der Waals surface area (Å²) in [6.45, 7) is 1.94. The zero-order valence-corrected chi connectivity index (χ0v) is 15.8. The summed E-state index contributed by atoms with van der Waals surface area (Å²) in [5, 5.41) is 6.99. The molecule has 1 fully saturated rings. The van der Waals surface area contributed by atoms with E-state index in [4.69, 9.17) is 10.3 Å². The third-order valence-electron chi connectivity index (χ3n) is 4.89. The number of aryl methyl sites for hydroxylation is 1. The first-order valence-electron chi connectivity index (χ1n) is 8.66. The van der Waals surface area contributed by atoms with Gasteiger partial charge in [-0.05, 0) is 56.0 Å². The number of nitrogens with one attached hydrogen (secondary N) is 1. The van der Waals surface area contributed by atoms with E-state index in [9.17, 15) is 4.79 Å². The highest BCUT2D eigenvalue weighted by molar-refractivity contribution is 6.04. The van der Waals surface area contributed by atoms with E-state index in [0.717, 1.165) is 30.4 Å². The van der Waals surface area contributed by atoms with Crippen LogP contribution >= 0.6 is 12.4 Å². The molecule has 1 aliphatic rings. The van der Waals surface area contributed by atoms with E-state index in [-0.39, 0.29) is 18.3 Å². The number of nitrogens with zero attached hydrogens (tertiary/aromatic N) is 2. The van der Waals surface area contributed by atoms with Gasteiger partial charge in [0.1, 0.15) is 0 Å². The number of carbonyl (C=O) groups excluding carboxylic acids is 1. The van der Waals surface area contributed by atoms with Gasteiger partial charge in [-0.3, -0.25) is 4.79 Å². The molecule has 0 spiro atoms. The van der Waals surface area contributed by atoms with E-state index < -0.39 is 5.54 Å². The lowest BCUT2D eigenvalue weighted by Crippen LogP contribution is -2.44. The van der Waals surface area contributed by atoms with Gasteiger partial charge >= 0.3 is 0 Å². The van der Waals surface area contributed by atoms with E-state index in [1.165, 1.54) is 0 Å². The van der Waals surface area contributed by atoms with Crippen molar-refractivity contribution < 1.29 is 9.32 Å². The SMILES string of the molecule is Cc1ccc(-c2nc(C3(N)CCC3)no2)cc1NC(=O)c1ccccc1.Cl. The quantitative estimate of drug-likeness (QED) is 0.707. The number of rotatable bonds is 4. The summed E-state index contributed by atoms with van der Waals surface area (Å²) in [4.78, 5) is 16.9. The molecule has 27 heavy (non-hydrogen) atoms. The van der Waals surface area contributed by atoms with Crippen molar-refractivity contribution in [3.8, 4) is 11.5 Å². The molecule has 1 aromatic heterocycles. The number of benzene rings is 2. The van der Waals surface area contributed by atoms with E-state index in [1.807, 2.05) is 43.3 Å². The molecule has 6 nitrogen and oxygen atoms in total. The predicted molar refractivity (Wildman–Crippen MR) is 106 cm³/mol. The summed E-state index contributed by atoms with van der Waals surface area (Å²) in [5.74, 6) is 0.800. The molecule has 7 heteroatoms.